The Morgan fingerprint density at radius 1 is 1.26 bits per heavy atom. The normalized spacial score (nSPS) is 15.6. The summed E-state index contributed by atoms with van der Waals surface area (Å²) in [7, 11) is 0. The van der Waals surface area contributed by atoms with Crippen molar-refractivity contribution < 1.29 is 24.5 Å². The quantitative estimate of drug-likeness (QED) is 0.749. The first-order valence-corrected chi connectivity index (χ1v) is 5.91. The fourth-order valence-corrected chi connectivity index (χ4v) is 1.61. The average molecular weight is 266 g/mol. The van der Waals surface area contributed by atoms with E-state index in [2.05, 4.69) is 0 Å². The number of ketones is 2. The molecule has 0 fully saturated rings. The van der Waals surface area contributed by atoms with E-state index in [0.29, 0.717) is 0 Å². The number of Topliss-reactive ketones (excluding diaryl/α,β-unsaturated/α-hetero) is 2. The highest BCUT2D eigenvalue weighted by molar-refractivity contribution is 5.94. The summed E-state index contributed by atoms with van der Waals surface area (Å²) in [5, 5.41) is 19.7. The van der Waals surface area contributed by atoms with Gasteiger partial charge in [0.05, 0.1) is 13.2 Å². The molecule has 1 aromatic rings. The van der Waals surface area contributed by atoms with Crippen LogP contribution in [0.1, 0.15) is 19.4 Å². The van der Waals surface area contributed by atoms with Crippen molar-refractivity contribution in [3.8, 4) is 0 Å². The number of benzene rings is 1. The second-order valence-electron chi connectivity index (χ2n) is 4.47. The number of aliphatic hydroxyl groups excluding tert-OH is 1. The van der Waals surface area contributed by atoms with E-state index in [0.717, 1.165) is 19.4 Å². The molecule has 0 aliphatic heterocycles. The van der Waals surface area contributed by atoms with E-state index in [1.807, 2.05) is 30.3 Å². The Balaban J connectivity index is 2.65. The summed E-state index contributed by atoms with van der Waals surface area (Å²) in [6, 6.07) is 9.18. The van der Waals surface area contributed by atoms with Crippen LogP contribution in [-0.4, -0.2) is 40.1 Å². The molecule has 2 atom stereocenters. The van der Waals surface area contributed by atoms with E-state index < -0.39 is 29.9 Å². The number of ether oxygens (including phenoxy) is 1. The molecule has 104 valence electrons. The van der Waals surface area contributed by atoms with E-state index >= 15 is 0 Å². The zero-order valence-corrected chi connectivity index (χ0v) is 11.0. The highest BCUT2D eigenvalue weighted by Crippen LogP contribution is 2.15. The second kappa shape index (κ2) is 6.56. The Labute approximate surface area is 111 Å². The third-order valence-electron chi connectivity index (χ3n) is 2.88. The summed E-state index contributed by atoms with van der Waals surface area (Å²) in [4.78, 5) is 22.5. The number of hydrogen-bond acceptors (Lipinski definition) is 5. The standard InChI is InChI=1S/C14H18O5/c1-10(15)13(17)14(18,11(2)16)9-19-8-12-6-4-3-5-7-12/h3-7,13,17-18H,8-9H2,1-2H3. The predicted octanol–water partition coefficient (Wildman–Crippen LogP) is 0.473. The number of aliphatic hydroxyl groups is 2. The van der Waals surface area contributed by atoms with Crippen molar-refractivity contribution in [1.29, 1.82) is 0 Å². The van der Waals surface area contributed by atoms with E-state index in [1.165, 1.54) is 0 Å². The van der Waals surface area contributed by atoms with Crippen LogP contribution in [0, 0.1) is 0 Å². The molecule has 0 aliphatic carbocycles. The van der Waals surface area contributed by atoms with Crippen molar-refractivity contribution in [3.05, 3.63) is 35.9 Å². The van der Waals surface area contributed by atoms with Crippen molar-refractivity contribution in [2.24, 2.45) is 0 Å². The van der Waals surface area contributed by atoms with Gasteiger partial charge >= 0.3 is 0 Å². The molecule has 2 unspecified atom stereocenters. The molecule has 0 amide bonds. The zero-order chi connectivity index (χ0) is 14.5. The second-order valence-corrected chi connectivity index (χ2v) is 4.47. The van der Waals surface area contributed by atoms with Crippen molar-refractivity contribution in [2.45, 2.75) is 32.2 Å². The number of hydrogen-bond donors (Lipinski definition) is 2. The maximum Gasteiger partial charge on any atom is 0.178 e. The lowest BCUT2D eigenvalue weighted by Crippen LogP contribution is -2.55. The summed E-state index contributed by atoms with van der Waals surface area (Å²) < 4.78 is 5.23. The van der Waals surface area contributed by atoms with E-state index in [9.17, 15) is 19.8 Å². The Morgan fingerprint density at radius 3 is 2.32 bits per heavy atom. The summed E-state index contributed by atoms with van der Waals surface area (Å²) >= 11 is 0. The number of carbonyl (C=O) groups is 2. The van der Waals surface area contributed by atoms with Crippen LogP contribution >= 0.6 is 0 Å². The molecule has 5 nitrogen and oxygen atoms in total. The molecule has 1 rings (SSSR count). The van der Waals surface area contributed by atoms with Crippen LogP contribution in [0.5, 0.6) is 0 Å². The molecule has 0 heterocycles. The van der Waals surface area contributed by atoms with Crippen LogP contribution in [0.15, 0.2) is 30.3 Å². The number of rotatable bonds is 7. The molecule has 0 aliphatic rings. The topological polar surface area (TPSA) is 83.8 Å². The molecule has 0 bridgehead atoms. The van der Waals surface area contributed by atoms with Crippen LogP contribution in [0.4, 0.5) is 0 Å². The largest absolute Gasteiger partial charge is 0.382 e. The minimum absolute atomic E-state index is 0.182. The van der Waals surface area contributed by atoms with Crippen molar-refractivity contribution >= 4 is 11.6 Å². The van der Waals surface area contributed by atoms with Crippen LogP contribution in [0.25, 0.3) is 0 Å². The van der Waals surface area contributed by atoms with Gasteiger partial charge in [-0.25, -0.2) is 0 Å². The molecule has 1 aromatic carbocycles. The summed E-state index contributed by atoms with van der Waals surface area (Å²) in [5.41, 5.74) is -1.33. The average Bonchev–Trinajstić information content (AvgIpc) is 2.38. The van der Waals surface area contributed by atoms with Gasteiger partial charge in [-0.15, -0.1) is 0 Å². The lowest BCUT2D eigenvalue weighted by molar-refractivity contribution is -0.167. The molecular weight excluding hydrogens is 248 g/mol. The van der Waals surface area contributed by atoms with Gasteiger partial charge in [0.2, 0.25) is 0 Å². The number of carbonyl (C=O) groups excluding carboxylic acids is 2. The molecule has 0 saturated carbocycles. The van der Waals surface area contributed by atoms with E-state index in [-0.39, 0.29) is 6.61 Å². The van der Waals surface area contributed by atoms with Gasteiger partial charge in [-0.1, -0.05) is 30.3 Å². The van der Waals surface area contributed by atoms with Gasteiger partial charge in [-0.05, 0) is 19.4 Å². The third-order valence-corrected chi connectivity index (χ3v) is 2.88. The first-order chi connectivity index (χ1) is 8.88. The molecule has 2 N–H and O–H groups in total. The minimum Gasteiger partial charge on any atom is -0.382 e. The van der Waals surface area contributed by atoms with Gasteiger partial charge in [0.1, 0.15) is 6.10 Å². The van der Waals surface area contributed by atoms with Gasteiger partial charge in [0, 0.05) is 0 Å². The van der Waals surface area contributed by atoms with E-state index in [1.54, 1.807) is 0 Å². The SMILES string of the molecule is CC(=O)C(O)C(O)(COCc1ccccc1)C(C)=O. The predicted molar refractivity (Wildman–Crippen MR) is 68.4 cm³/mol. The van der Waals surface area contributed by atoms with Gasteiger partial charge in [-0.2, -0.15) is 0 Å². The highest BCUT2D eigenvalue weighted by Gasteiger charge is 2.43. The maximum atomic E-state index is 11.4. The summed E-state index contributed by atoms with van der Waals surface area (Å²) in [5.74, 6) is -1.38. The van der Waals surface area contributed by atoms with Gasteiger partial charge in [0.15, 0.2) is 17.2 Å². The Hall–Kier alpha value is -1.56. The van der Waals surface area contributed by atoms with Crippen molar-refractivity contribution in [2.75, 3.05) is 6.61 Å². The molecular formula is C14H18O5. The molecule has 0 aromatic heterocycles. The Kier molecular flexibility index (Phi) is 5.35. The Bertz CT molecular complexity index is 442. The maximum absolute atomic E-state index is 11.4. The lowest BCUT2D eigenvalue weighted by atomic mass is 9.91. The van der Waals surface area contributed by atoms with Gasteiger partial charge in [-0.3, -0.25) is 9.59 Å². The first-order valence-electron chi connectivity index (χ1n) is 5.91. The molecule has 0 radical (unpaired) electrons. The fourth-order valence-electron chi connectivity index (χ4n) is 1.61. The molecule has 19 heavy (non-hydrogen) atoms. The Morgan fingerprint density at radius 2 is 1.84 bits per heavy atom. The smallest absolute Gasteiger partial charge is 0.178 e. The van der Waals surface area contributed by atoms with Crippen LogP contribution in [0.2, 0.25) is 0 Å². The lowest BCUT2D eigenvalue weighted by Gasteiger charge is -2.28. The van der Waals surface area contributed by atoms with Crippen LogP contribution in [-0.2, 0) is 20.9 Å². The monoisotopic (exact) mass is 266 g/mol. The third kappa shape index (κ3) is 3.96. The molecule has 5 heteroatoms. The fraction of sp³-hybridized carbons (Fsp3) is 0.429. The molecule has 0 saturated heterocycles. The van der Waals surface area contributed by atoms with Crippen LogP contribution in [0.3, 0.4) is 0 Å². The van der Waals surface area contributed by atoms with Crippen LogP contribution < -0.4 is 0 Å². The van der Waals surface area contributed by atoms with Crippen molar-refractivity contribution in [3.63, 3.8) is 0 Å². The minimum atomic E-state index is -2.19. The van der Waals surface area contributed by atoms with Gasteiger partial charge < -0.3 is 14.9 Å². The van der Waals surface area contributed by atoms with E-state index in [4.69, 9.17) is 4.74 Å². The molecule has 0 spiro atoms. The highest BCUT2D eigenvalue weighted by atomic mass is 16.5. The van der Waals surface area contributed by atoms with Crippen molar-refractivity contribution in [1.82, 2.24) is 0 Å². The summed E-state index contributed by atoms with van der Waals surface area (Å²) in [6.45, 7) is 1.97. The zero-order valence-electron chi connectivity index (χ0n) is 11.0. The summed E-state index contributed by atoms with van der Waals surface area (Å²) in [6.07, 6.45) is -1.78. The first kappa shape index (κ1) is 15.5. The van der Waals surface area contributed by atoms with Gasteiger partial charge in [0.25, 0.3) is 0 Å².